The molecular weight excluding hydrogens is 407 g/mol. The third kappa shape index (κ3) is 4.28. The summed E-state index contributed by atoms with van der Waals surface area (Å²) < 4.78 is 71.0. The number of hydrogen-bond donors (Lipinski definition) is 1. The van der Waals surface area contributed by atoms with E-state index in [-0.39, 0.29) is 34.6 Å². The normalized spacial score (nSPS) is 15.5. The van der Waals surface area contributed by atoms with Gasteiger partial charge in [-0.2, -0.15) is 13.2 Å². The molecule has 0 unspecified atom stereocenters. The monoisotopic (exact) mass is 421 g/mol. The van der Waals surface area contributed by atoms with E-state index in [4.69, 9.17) is 16.3 Å². The van der Waals surface area contributed by atoms with Crippen LogP contribution >= 0.6 is 11.6 Å². The molecule has 0 atom stereocenters. The largest absolute Gasteiger partial charge is 0.495 e. The lowest BCUT2D eigenvalue weighted by Gasteiger charge is -2.40. The predicted molar refractivity (Wildman–Crippen MR) is 93.6 cm³/mol. The minimum absolute atomic E-state index is 0.104. The van der Waals surface area contributed by atoms with Crippen molar-refractivity contribution in [3.05, 3.63) is 47.1 Å². The quantitative estimate of drug-likeness (QED) is 0.803. The fraction of sp³-hybridized carbons (Fsp3) is 0.312. The molecule has 11 heteroatoms. The Labute approximate surface area is 159 Å². The van der Waals surface area contributed by atoms with Gasteiger partial charge in [0.25, 0.3) is 0 Å². The zero-order chi connectivity index (χ0) is 19.8. The van der Waals surface area contributed by atoms with Crippen LogP contribution in [-0.4, -0.2) is 39.6 Å². The van der Waals surface area contributed by atoms with Crippen molar-refractivity contribution in [2.45, 2.75) is 17.1 Å². The second-order valence-electron chi connectivity index (χ2n) is 5.92. The van der Waals surface area contributed by atoms with Crippen LogP contribution in [0.5, 0.6) is 5.75 Å². The molecule has 1 N–H and O–H groups in total. The van der Waals surface area contributed by atoms with E-state index in [1.54, 1.807) is 4.90 Å². The van der Waals surface area contributed by atoms with Crippen LogP contribution in [0.15, 0.2) is 41.4 Å². The zero-order valence-corrected chi connectivity index (χ0v) is 15.6. The van der Waals surface area contributed by atoms with Gasteiger partial charge in [0.1, 0.15) is 16.5 Å². The summed E-state index contributed by atoms with van der Waals surface area (Å²) in [6.07, 6.45) is -3.39. The highest BCUT2D eigenvalue weighted by molar-refractivity contribution is 7.89. The van der Waals surface area contributed by atoms with Crippen LogP contribution < -0.4 is 14.4 Å². The Morgan fingerprint density at radius 2 is 1.96 bits per heavy atom. The molecule has 0 radical (unpaired) electrons. The number of hydrogen-bond acceptors (Lipinski definition) is 5. The van der Waals surface area contributed by atoms with Crippen LogP contribution in [0.25, 0.3) is 0 Å². The van der Waals surface area contributed by atoms with Crippen LogP contribution in [0.1, 0.15) is 5.56 Å². The number of halogens is 4. The maximum absolute atomic E-state index is 12.8. The van der Waals surface area contributed by atoms with E-state index in [0.29, 0.717) is 0 Å². The van der Waals surface area contributed by atoms with E-state index in [0.717, 1.165) is 18.3 Å². The minimum atomic E-state index is -4.47. The third-order valence-corrected chi connectivity index (χ3v) is 5.79. The van der Waals surface area contributed by atoms with Crippen molar-refractivity contribution in [1.29, 1.82) is 0 Å². The third-order valence-electron chi connectivity index (χ3n) is 4.02. The molecule has 0 amide bonds. The zero-order valence-electron chi connectivity index (χ0n) is 14.0. The van der Waals surface area contributed by atoms with Gasteiger partial charge in [-0.05, 0) is 30.3 Å². The molecule has 1 aliphatic rings. The Morgan fingerprint density at radius 1 is 1.26 bits per heavy atom. The highest BCUT2D eigenvalue weighted by atomic mass is 35.5. The van der Waals surface area contributed by atoms with Gasteiger partial charge in [-0.3, -0.25) is 0 Å². The number of pyridine rings is 1. The second-order valence-corrected chi connectivity index (χ2v) is 8.04. The van der Waals surface area contributed by atoms with Crippen LogP contribution in [-0.2, 0) is 16.2 Å². The van der Waals surface area contributed by atoms with Crippen LogP contribution in [0.4, 0.5) is 19.0 Å². The van der Waals surface area contributed by atoms with Crippen molar-refractivity contribution in [2.75, 3.05) is 25.1 Å². The van der Waals surface area contributed by atoms with Gasteiger partial charge in [0.05, 0.1) is 18.7 Å². The van der Waals surface area contributed by atoms with Crippen molar-refractivity contribution < 1.29 is 26.3 Å². The molecule has 1 fully saturated rings. The summed E-state index contributed by atoms with van der Waals surface area (Å²) in [4.78, 5) is 5.36. The highest BCUT2D eigenvalue weighted by Crippen LogP contribution is 2.32. The number of benzene rings is 1. The lowest BCUT2D eigenvalue weighted by molar-refractivity contribution is -0.137. The van der Waals surface area contributed by atoms with Crippen molar-refractivity contribution in [1.82, 2.24) is 9.71 Å². The lowest BCUT2D eigenvalue weighted by atomic mass is 10.1. The molecule has 1 saturated heterocycles. The fourth-order valence-corrected chi connectivity index (χ4v) is 4.30. The Balaban J connectivity index is 1.70. The van der Waals surface area contributed by atoms with Gasteiger partial charge >= 0.3 is 6.18 Å². The Bertz CT molecular complexity index is 947. The van der Waals surface area contributed by atoms with E-state index < -0.39 is 27.8 Å². The van der Waals surface area contributed by atoms with Crippen molar-refractivity contribution >= 4 is 27.4 Å². The molecule has 3 rings (SSSR count). The highest BCUT2D eigenvalue weighted by Gasteiger charge is 2.35. The molecule has 146 valence electrons. The van der Waals surface area contributed by atoms with E-state index in [1.807, 2.05) is 0 Å². The molecule has 1 aromatic heterocycles. The van der Waals surface area contributed by atoms with Gasteiger partial charge in [0, 0.05) is 24.3 Å². The summed E-state index contributed by atoms with van der Waals surface area (Å²) in [7, 11) is -2.57. The average Bonchev–Trinajstić information content (AvgIpc) is 2.57. The summed E-state index contributed by atoms with van der Waals surface area (Å²) in [5.41, 5.74) is -0.805. The van der Waals surface area contributed by atoms with Gasteiger partial charge in [-0.1, -0.05) is 11.6 Å². The lowest BCUT2D eigenvalue weighted by Crippen LogP contribution is -2.59. The first-order valence-electron chi connectivity index (χ1n) is 7.74. The Morgan fingerprint density at radius 3 is 2.59 bits per heavy atom. The SMILES string of the molecule is COc1ccc(Cl)cc1S(=O)(=O)NC1CN(c2cc(C(F)(F)F)ccn2)C1. The molecule has 1 aliphatic heterocycles. The van der Waals surface area contributed by atoms with Crippen molar-refractivity contribution in [3.63, 3.8) is 0 Å². The van der Waals surface area contributed by atoms with Crippen LogP contribution in [0.2, 0.25) is 5.02 Å². The summed E-state index contributed by atoms with van der Waals surface area (Å²) in [5.74, 6) is 0.281. The average molecular weight is 422 g/mol. The molecule has 2 heterocycles. The topological polar surface area (TPSA) is 71.5 Å². The molecule has 27 heavy (non-hydrogen) atoms. The number of aromatic nitrogens is 1. The number of alkyl halides is 3. The number of anilines is 1. The van der Waals surface area contributed by atoms with Gasteiger partial charge < -0.3 is 9.64 Å². The van der Waals surface area contributed by atoms with E-state index >= 15 is 0 Å². The molecular formula is C16H15ClF3N3O3S. The van der Waals surface area contributed by atoms with Crippen LogP contribution in [0, 0.1) is 0 Å². The standard InChI is InChI=1S/C16H15ClF3N3O3S/c1-26-13-3-2-11(17)7-14(13)27(24,25)22-12-8-23(9-12)15-6-10(4-5-21-15)16(18,19)20/h2-7,12,22H,8-9H2,1H3. The van der Waals surface area contributed by atoms with Gasteiger partial charge in [0.15, 0.2) is 0 Å². The summed E-state index contributed by atoms with van der Waals surface area (Å²) in [6, 6.07) is 5.56. The predicted octanol–water partition coefficient (Wildman–Crippen LogP) is 2.93. The fourth-order valence-electron chi connectivity index (χ4n) is 2.65. The smallest absolute Gasteiger partial charge is 0.416 e. The van der Waals surface area contributed by atoms with Gasteiger partial charge in [-0.15, -0.1) is 0 Å². The Hall–Kier alpha value is -2.04. The molecule has 6 nitrogen and oxygen atoms in total. The first-order chi connectivity index (χ1) is 12.6. The number of methoxy groups -OCH3 is 1. The van der Waals surface area contributed by atoms with E-state index in [1.165, 1.54) is 25.3 Å². The summed E-state index contributed by atoms with van der Waals surface area (Å²) >= 11 is 5.86. The molecule has 0 bridgehead atoms. The molecule has 1 aromatic carbocycles. The molecule has 0 saturated carbocycles. The number of ether oxygens (including phenoxy) is 1. The Kier molecular flexibility index (Phi) is 5.24. The summed E-state index contributed by atoms with van der Waals surface area (Å²) in [6.45, 7) is 0.382. The van der Waals surface area contributed by atoms with Crippen molar-refractivity contribution in [3.8, 4) is 5.75 Å². The number of sulfonamides is 1. The number of nitrogens with zero attached hydrogens (tertiary/aromatic N) is 2. The molecule has 0 aliphatic carbocycles. The number of rotatable bonds is 5. The second kappa shape index (κ2) is 7.17. The van der Waals surface area contributed by atoms with Gasteiger partial charge in [-0.25, -0.2) is 18.1 Å². The molecule has 0 spiro atoms. The van der Waals surface area contributed by atoms with E-state index in [2.05, 4.69) is 9.71 Å². The van der Waals surface area contributed by atoms with Crippen LogP contribution in [0.3, 0.4) is 0 Å². The first-order valence-corrected chi connectivity index (χ1v) is 9.60. The van der Waals surface area contributed by atoms with Gasteiger partial charge in [0.2, 0.25) is 10.0 Å². The van der Waals surface area contributed by atoms with Crippen molar-refractivity contribution in [2.24, 2.45) is 0 Å². The maximum atomic E-state index is 12.8. The maximum Gasteiger partial charge on any atom is 0.416 e. The van der Waals surface area contributed by atoms with E-state index in [9.17, 15) is 21.6 Å². The summed E-state index contributed by atoms with van der Waals surface area (Å²) in [5, 5.41) is 0.236. The first kappa shape index (κ1) is 19.7. The minimum Gasteiger partial charge on any atom is -0.495 e. The number of nitrogens with one attached hydrogen (secondary N) is 1. The molecule has 2 aromatic rings.